The standard InChI is InChI=1S/C31H33FN6O4/c1-31(29(39)34-16-20-6-3-2-4-7-20)18-41-28(42-19-31)27-37-25(21-9-11-22(32)12-10-21)26(38-27)24-13-14-33-30(36-24)35-17-23-8-5-15-40-23/h2-4,6-7,9-14,23,28H,5,8,15-19H2,1H3,(H,34,39)(H,37,38)(H,33,35,36). The van der Waals surface area contributed by atoms with Crippen LogP contribution in [0.5, 0.6) is 0 Å². The number of rotatable bonds is 9. The molecule has 2 aromatic carbocycles. The van der Waals surface area contributed by atoms with E-state index >= 15 is 0 Å². The first kappa shape index (κ1) is 28.0. The summed E-state index contributed by atoms with van der Waals surface area (Å²) in [5.41, 5.74) is 2.62. The lowest BCUT2D eigenvalue weighted by Crippen LogP contribution is -2.48. The van der Waals surface area contributed by atoms with Gasteiger partial charge in [0.05, 0.1) is 41.8 Å². The Morgan fingerprint density at radius 2 is 1.83 bits per heavy atom. The number of imidazole rings is 1. The molecule has 218 valence electrons. The average Bonchev–Trinajstić information content (AvgIpc) is 3.71. The molecule has 6 rings (SSSR count). The molecule has 0 spiro atoms. The summed E-state index contributed by atoms with van der Waals surface area (Å²) >= 11 is 0. The normalized spacial score (nSPS) is 22.1. The number of nitrogens with one attached hydrogen (secondary N) is 3. The van der Waals surface area contributed by atoms with Crippen LogP contribution in [-0.4, -0.2) is 58.3 Å². The lowest BCUT2D eigenvalue weighted by atomic mass is 9.91. The molecule has 2 fully saturated rings. The van der Waals surface area contributed by atoms with Gasteiger partial charge in [-0.25, -0.2) is 19.3 Å². The molecule has 2 aromatic heterocycles. The summed E-state index contributed by atoms with van der Waals surface area (Å²) in [7, 11) is 0. The van der Waals surface area contributed by atoms with Gasteiger partial charge in [-0.15, -0.1) is 0 Å². The van der Waals surface area contributed by atoms with Gasteiger partial charge in [-0.1, -0.05) is 30.3 Å². The molecule has 2 aliphatic heterocycles. The van der Waals surface area contributed by atoms with Crippen molar-refractivity contribution in [2.45, 2.75) is 38.7 Å². The molecule has 42 heavy (non-hydrogen) atoms. The highest BCUT2D eigenvalue weighted by Gasteiger charge is 2.40. The van der Waals surface area contributed by atoms with Gasteiger partial charge in [0.1, 0.15) is 5.82 Å². The maximum atomic E-state index is 13.7. The van der Waals surface area contributed by atoms with Crippen LogP contribution in [0.15, 0.2) is 66.9 Å². The van der Waals surface area contributed by atoms with Crippen molar-refractivity contribution in [3.63, 3.8) is 0 Å². The number of benzene rings is 2. The molecule has 4 heterocycles. The minimum atomic E-state index is -0.864. The van der Waals surface area contributed by atoms with E-state index in [4.69, 9.17) is 24.2 Å². The van der Waals surface area contributed by atoms with Gasteiger partial charge in [0.15, 0.2) is 5.82 Å². The van der Waals surface area contributed by atoms with Gasteiger partial charge in [-0.3, -0.25) is 4.79 Å². The van der Waals surface area contributed by atoms with Crippen molar-refractivity contribution < 1.29 is 23.4 Å². The number of ether oxygens (including phenoxy) is 3. The van der Waals surface area contributed by atoms with E-state index in [1.165, 1.54) is 12.1 Å². The predicted molar refractivity (Wildman–Crippen MR) is 154 cm³/mol. The Labute approximate surface area is 243 Å². The number of halogens is 1. The third-order valence-corrected chi connectivity index (χ3v) is 7.44. The number of hydrogen-bond donors (Lipinski definition) is 3. The smallest absolute Gasteiger partial charge is 0.230 e. The maximum Gasteiger partial charge on any atom is 0.230 e. The molecule has 11 heteroatoms. The van der Waals surface area contributed by atoms with Gasteiger partial charge in [-0.2, -0.15) is 0 Å². The Bertz CT molecular complexity index is 1500. The highest BCUT2D eigenvalue weighted by molar-refractivity contribution is 5.82. The van der Waals surface area contributed by atoms with Gasteiger partial charge in [-0.05, 0) is 55.7 Å². The lowest BCUT2D eigenvalue weighted by molar-refractivity contribution is -0.231. The van der Waals surface area contributed by atoms with Crippen LogP contribution in [-0.2, 0) is 25.5 Å². The van der Waals surface area contributed by atoms with E-state index in [0.717, 1.165) is 25.0 Å². The van der Waals surface area contributed by atoms with E-state index in [9.17, 15) is 9.18 Å². The van der Waals surface area contributed by atoms with E-state index in [0.29, 0.717) is 47.5 Å². The van der Waals surface area contributed by atoms with E-state index in [-0.39, 0.29) is 31.0 Å². The van der Waals surface area contributed by atoms with Crippen molar-refractivity contribution in [1.82, 2.24) is 25.3 Å². The molecule has 4 aromatic rings. The summed E-state index contributed by atoms with van der Waals surface area (Å²) in [4.78, 5) is 30.2. The lowest BCUT2D eigenvalue weighted by Gasteiger charge is -2.35. The average molecular weight is 573 g/mol. The van der Waals surface area contributed by atoms with Crippen LogP contribution in [0.1, 0.15) is 37.4 Å². The molecule has 0 radical (unpaired) electrons. The van der Waals surface area contributed by atoms with Crippen LogP contribution in [0.4, 0.5) is 10.3 Å². The molecule has 3 N–H and O–H groups in total. The fourth-order valence-electron chi connectivity index (χ4n) is 4.99. The molecule has 0 aliphatic carbocycles. The summed E-state index contributed by atoms with van der Waals surface area (Å²) in [5.74, 6) is 0.388. The monoisotopic (exact) mass is 572 g/mol. The summed E-state index contributed by atoms with van der Waals surface area (Å²) in [6.45, 7) is 3.91. The number of aromatic amines is 1. The van der Waals surface area contributed by atoms with Crippen molar-refractivity contribution in [2.24, 2.45) is 5.41 Å². The Morgan fingerprint density at radius 3 is 2.57 bits per heavy atom. The van der Waals surface area contributed by atoms with E-state index in [1.807, 2.05) is 37.3 Å². The van der Waals surface area contributed by atoms with Gasteiger partial charge in [0, 0.05) is 31.5 Å². The van der Waals surface area contributed by atoms with Crippen LogP contribution in [0.25, 0.3) is 22.6 Å². The first-order valence-electron chi connectivity index (χ1n) is 14.1. The second-order valence-corrected chi connectivity index (χ2v) is 10.8. The number of carbonyl (C=O) groups excluding carboxylic acids is 1. The molecule has 0 saturated carbocycles. The van der Waals surface area contributed by atoms with E-state index in [1.54, 1.807) is 24.4 Å². The van der Waals surface area contributed by atoms with Gasteiger partial charge in [0.25, 0.3) is 0 Å². The molecule has 2 saturated heterocycles. The van der Waals surface area contributed by atoms with Crippen molar-refractivity contribution in [2.75, 3.05) is 31.7 Å². The van der Waals surface area contributed by atoms with E-state index < -0.39 is 11.7 Å². The molecular weight excluding hydrogens is 539 g/mol. The Balaban J connectivity index is 1.19. The Hall–Kier alpha value is -4.19. The van der Waals surface area contributed by atoms with Crippen LogP contribution in [0.2, 0.25) is 0 Å². The van der Waals surface area contributed by atoms with Crippen molar-refractivity contribution in [3.8, 4) is 22.6 Å². The molecule has 0 bridgehead atoms. The predicted octanol–water partition coefficient (Wildman–Crippen LogP) is 4.63. The molecule has 1 amide bonds. The zero-order valence-corrected chi connectivity index (χ0v) is 23.3. The number of aromatic nitrogens is 4. The zero-order valence-electron chi connectivity index (χ0n) is 23.3. The Kier molecular flexibility index (Phi) is 8.22. The second kappa shape index (κ2) is 12.4. The SMILES string of the molecule is CC1(C(=O)NCc2ccccc2)COC(c2nc(-c3ccc(F)cc3)c(-c3ccnc(NCC4CCCO4)n3)[nH]2)OC1. The molecule has 1 atom stereocenters. The molecule has 10 nitrogen and oxygen atoms in total. The quantitative estimate of drug-likeness (QED) is 0.265. The first-order chi connectivity index (χ1) is 20.5. The van der Waals surface area contributed by atoms with Gasteiger partial charge >= 0.3 is 0 Å². The summed E-state index contributed by atoms with van der Waals surface area (Å²) in [6.07, 6.45) is 3.03. The maximum absolute atomic E-state index is 13.7. The van der Waals surface area contributed by atoms with Crippen molar-refractivity contribution in [3.05, 3.63) is 84.1 Å². The van der Waals surface area contributed by atoms with Crippen molar-refractivity contribution in [1.29, 1.82) is 0 Å². The highest BCUT2D eigenvalue weighted by Crippen LogP contribution is 2.35. The molecular formula is C31H33FN6O4. The number of nitrogens with zero attached hydrogens (tertiary/aromatic N) is 3. The third-order valence-electron chi connectivity index (χ3n) is 7.44. The fourth-order valence-corrected chi connectivity index (χ4v) is 4.99. The number of hydrogen-bond acceptors (Lipinski definition) is 8. The van der Waals surface area contributed by atoms with Crippen LogP contribution < -0.4 is 10.6 Å². The van der Waals surface area contributed by atoms with Gasteiger partial charge in [0.2, 0.25) is 18.1 Å². The van der Waals surface area contributed by atoms with Crippen LogP contribution in [0, 0.1) is 11.2 Å². The topological polar surface area (TPSA) is 123 Å². The third kappa shape index (κ3) is 6.33. The van der Waals surface area contributed by atoms with E-state index in [2.05, 4.69) is 20.6 Å². The highest BCUT2D eigenvalue weighted by atomic mass is 19.1. The number of H-pyrrole nitrogens is 1. The number of anilines is 1. The number of carbonyl (C=O) groups is 1. The fraction of sp³-hybridized carbons (Fsp3) is 0.355. The number of amides is 1. The largest absolute Gasteiger partial charge is 0.376 e. The minimum absolute atomic E-state index is 0.137. The van der Waals surface area contributed by atoms with Crippen molar-refractivity contribution >= 4 is 11.9 Å². The second-order valence-electron chi connectivity index (χ2n) is 10.8. The van der Waals surface area contributed by atoms with Crippen LogP contribution in [0.3, 0.4) is 0 Å². The zero-order chi connectivity index (χ0) is 28.9. The summed E-state index contributed by atoms with van der Waals surface area (Å²) < 4.78 is 31.5. The minimum Gasteiger partial charge on any atom is -0.376 e. The summed E-state index contributed by atoms with van der Waals surface area (Å²) in [5, 5.41) is 6.23. The van der Waals surface area contributed by atoms with Gasteiger partial charge < -0.3 is 29.8 Å². The Morgan fingerprint density at radius 1 is 1.05 bits per heavy atom. The van der Waals surface area contributed by atoms with Crippen LogP contribution >= 0.6 is 0 Å². The first-order valence-corrected chi connectivity index (χ1v) is 14.1. The molecule has 2 aliphatic rings. The summed E-state index contributed by atoms with van der Waals surface area (Å²) in [6, 6.07) is 17.6. The molecule has 1 unspecified atom stereocenters.